The van der Waals surface area contributed by atoms with Crippen LogP contribution in [-0.4, -0.2) is 80.6 Å². The molecule has 0 aromatic heterocycles. The van der Waals surface area contributed by atoms with Crippen LogP contribution in [-0.2, 0) is 28.6 Å². The highest BCUT2D eigenvalue weighted by molar-refractivity contribution is 5.72. The van der Waals surface area contributed by atoms with E-state index in [0.717, 1.165) is 70.6 Å². The molecule has 8 heteroatoms. The van der Waals surface area contributed by atoms with Crippen molar-refractivity contribution in [1.29, 1.82) is 0 Å². The summed E-state index contributed by atoms with van der Waals surface area (Å²) in [6.07, 6.45) is 54.1. The molecule has 0 saturated carbocycles. The van der Waals surface area contributed by atoms with Crippen LogP contribution in [0.3, 0.4) is 0 Å². The highest BCUT2D eigenvalue weighted by Gasteiger charge is 2.31. The zero-order valence-electron chi connectivity index (χ0n) is 40.1. The first-order valence-electron chi connectivity index (χ1n) is 24.8. The first kappa shape index (κ1) is 58.0. The average Bonchev–Trinajstić information content (AvgIpc) is 3.22. The molecule has 2 unspecified atom stereocenters. The smallest absolute Gasteiger partial charge is 0.362 e. The Morgan fingerprint density at radius 3 is 1.39 bits per heavy atom. The monoisotopic (exact) mass is 857 g/mol. The minimum atomic E-state index is -0.881. The highest BCUT2D eigenvalue weighted by atomic mass is 16.6. The molecule has 0 aliphatic rings. The van der Waals surface area contributed by atoms with Gasteiger partial charge in [-0.15, -0.1) is 0 Å². The molecule has 0 heterocycles. The number of carboxylic acids is 1. The molecule has 2 atom stereocenters. The first-order chi connectivity index (χ1) is 29.6. The van der Waals surface area contributed by atoms with Gasteiger partial charge in [-0.05, 0) is 77.0 Å². The van der Waals surface area contributed by atoms with E-state index in [1.165, 1.54) is 103 Å². The zero-order valence-corrected chi connectivity index (χ0v) is 40.1. The number of rotatable bonds is 44. The van der Waals surface area contributed by atoms with Gasteiger partial charge in [-0.1, -0.05) is 171 Å². The molecule has 0 aromatic rings. The molecule has 61 heavy (non-hydrogen) atoms. The summed E-state index contributed by atoms with van der Waals surface area (Å²) in [6.45, 7) is 4.60. The van der Waals surface area contributed by atoms with E-state index in [4.69, 9.17) is 14.2 Å². The Labute approximate surface area is 375 Å². The van der Waals surface area contributed by atoms with E-state index in [-0.39, 0.29) is 36.2 Å². The van der Waals surface area contributed by atoms with Gasteiger partial charge >= 0.3 is 17.9 Å². The van der Waals surface area contributed by atoms with Crippen molar-refractivity contribution in [1.82, 2.24) is 0 Å². The number of quaternary nitrogens is 1. The van der Waals surface area contributed by atoms with Crippen LogP contribution >= 0.6 is 0 Å². The van der Waals surface area contributed by atoms with E-state index in [2.05, 4.69) is 74.6 Å². The van der Waals surface area contributed by atoms with E-state index in [1.807, 2.05) is 21.1 Å². The van der Waals surface area contributed by atoms with Gasteiger partial charge in [0, 0.05) is 19.3 Å². The number of hydrogen-bond acceptors (Lipinski definition) is 6. The fourth-order valence-electron chi connectivity index (χ4n) is 7.08. The SMILES string of the molecule is CC/C=C/C/C=C/C/C=C/C/C=C/CCCCCC(=O)OCC(COCCC(C(=O)O)[N+](C)(C)C)OC(=O)CCCCCCCCC/C=C/CCCCCCCCCCCC. The number of esters is 2. The van der Waals surface area contributed by atoms with Gasteiger partial charge in [0.15, 0.2) is 12.1 Å². The second kappa shape index (κ2) is 43.7. The summed E-state index contributed by atoms with van der Waals surface area (Å²) in [6, 6.07) is -0.623. The molecule has 0 amide bonds. The van der Waals surface area contributed by atoms with Crippen LogP contribution in [0.4, 0.5) is 0 Å². The van der Waals surface area contributed by atoms with Crippen LogP contribution in [0.5, 0.6) is 0 Å². The van der Waals surface area contributed by atoms with Crippen molar-refractivity contribution in [2.24, 2.45) is 0 Å². The molecule has 0 saturated heterocycles. The minimum Gasteiger partial charge on any atom is -0.477 e. The fraction of sp³-hybridized carbons (Fsp3) is 0.755. The molecule has 0 radical (unpaired) electrons. The maximum Gasteiger partial charge on any atom is 0.362 e. The lowest BCUT2D eigenvalue weighted by molar-refractivity contribution is -0.887. The summed E-state index contributed by atoms with van der Waals surface area (Å²) < 4.78 is 17.3. The summed E-state index contributed by atoms with van der Waals surface area (Å²) in [4.78, 5) is 37.1. The van der Waals surface area contributed by atoms with Crippen molar-refractivity contribution < 1.29 is 38.2 Å². The molecule has 0 rings (SSSR count). The number of aliphatic carboxylic acids is 1. The number of hydrogen-bond donors (Lipinski definition) is 1. The molecule has 0 fully saturated rings. The van der Waals surface area contributed by atoms with Gasteiger partial charge in [-0.25, -0.2) is 4.79 Å². The lowest BCUT2D eigenvalue weighted by Gasteiger charge is -2.31. The first-order valence-corrected chi connectivity index (χ1v) is 24.8. The van der Waals surface area contributed by atoms with E-state index < -0.39 is 18.1 Å². The summed E-state index contributed by atoms with van der Waals surface area (Å²) in [5.74, 6) is -1.51. The van der Waals surface area contributed by atoms with Gasteiger partial charge in [0.05, 0.1) is 34.4 Å². The molecule has 0 aliphatic carbocycles. The van der Waals surface area contributed by atoms with Crippen LogP contribution in [0.15, 0.2) is 60.8 Å². The second-order valence-corrected chi connectivity index (χ2v) is 17.7. The Morgan fingerprint density at radius 2 is 0.918 bits per heavy atom. The lowest BCUT2D eigenvalue weighted by atomic mass is 10.1. The van der Waals surface area contributed by atoms with E-state index in [0.29, 0.717) is 19.3 Å². The van der Waals surface area contributed by atoms with Gasteiger partial charge < -0.3 is 23.8 Å². The summed E-state index contributed by atoms with van der Waals surface area (Å²) in [7, 11) is 5.52. The van der Waals surface area contributed by atoms with E-state index >= 15 is 0 Å². The number of unbranched alkanes of at least 4 members (excludes halogenated alkanes) is 20. The third-order valence-corrected chi connectivity index (χ3v) is 10.9. The number of carbonyl (C=O) groups excluding carboxylic acids is 2. The predicted molar refractivity (Wildman–Crippen MR) is 257 cm³/mol. The molecular weight excluding hydrogens is 763 g/mol. The van der Waals surface area contributed by atoms with Gasteiger partial charge in [0.2, 0.25) is 0 Å². The number of nitrogens with zero attached hydrogens (tertiary/aromatic N) is 1. The highest BCUT2D eigenvalue weighted by Crippen LogP contribution is 2.15. The number of likely N-dealkylation sites (N-methyl/N-ethyl adjacent to an activating group) is 1. The summed E-state index contributed by atoms with van der Waals surface area (Å²) in [5.41, 5.74) is 0. The Kier molecular flexibility index (Phi) is 41.5. The zero-order chi connectivity index (χ0) is 44.9. The maximum atomic E-state index is 12.8. The third-order valence-electron chi connectivity index (χ3n) is 10.9. The lowest BCUT2D eigenvalue weighted by Crippen LogP contribution is -2.50. The van der Waals surface area contributed by atoms with Crippen molar-refractivity contribution >= 4 is 17.9 Å². The largest absolute Gasteiger partial charge is 0.477 e. The predicted octanol–water partition coefficient (Wildman–Crippen LogP) is 14.1. The number of allylic oxidation sites excluding steroid dienone is 10. The Bertz CT molecular complexity index is 1180. The molecular formula is C53H94NO7+. The molecule has 1 N–H and O–H groups in total. The standard InChI is InChI=1S/C53H93NO7/c1-6-8-10-12-14-16-18-20-22-24-25-26-27-28-30-32-34-36-38-40-42-44-52(56)61-49(47-59-46-45-50(53(57)58)54(3,4)5)48-60-51(55)43-41-39-37-35-33-31-29-23-21-19-17-15-13-11-9-7-2/h9,11,15,17,21,23,26-27,31,33,49-50H,6-8,10,12-14,16,18-20,22,24-25,28-30,32,34-48H2,1-5H3/p+1/b11-9+,17-15+,23-21+,27-26+,33-31+. The van der Waals surface area contributed by atoms with Gasteiger partial charge in [0.25, 0.3) is 0 Å². The van der Waals surface area contributed by atoms with Crippen LogP contribution < -0.4 is 0 Å². The van der Waals surface area contributed by atoms with Crippen molar-refractivity contribution in [2.75, 3.05) is 41.0 Å². The number of ether oxygens (including phenoxy) is 3. The minimum absolute atomic E-state index is 0.0475. The average molecular weight is 857 g/mol. The van der Waals surface area contributed by atoms with Gasteiger partial charge in [-0.3, -0.25) is 9.59 Å². The van der Waals surface area contributed by atoms with Crippen molar-refractivity contribution in [3.8, 4) is 0 Å². The fourth-order valence-corrected chi connectivity index (χ4v) is 7.08. The van der Waals surface area contributed by atoms with Crippen molar-refractivity contribution in [3.05, 3.63) is 60.8 Å². The quantitative estimate of drug-likeness (QED) is 0.0282. The molecule has 8 nitrogen and oxygen atoms in total. The normalized spacial score (nSPS) is 13.4. The summed E-state index contributed by atoms with van der Waals surface area (Å²) >= 11 is 0. The van der Waals surface area contributed by atoms with Crippen molar-refractivity contribution in [3.63, 3.8) is 0 Å². The number of carbonyl (C=O) groups is 3. The molecule has 352 valence electrons. The van der Waals surface area contributed by atoms with Crippen LogP contribution in [0.25, 0.3) is 0 Å². The topological polar surface area (TPSA) is 99.1 Å². The third kappa shape index (κ3) is 42.1. The summed E-state index contributed by atoms with van der Waals surface area (Å²) in [5, 5.41) is 9.64. The van der Waals surface area contributed by atoms with Crippen LogP contribution in [0.1, 0.15) is 206 Å². The Hall–Kier alpha value is -2.97. The Balaban J connectivity index is 4.31. The molecule has 0 aliphatic heterocycles. The molecule has 0 spiro atoms. The number of carboxylic acid groups (broad SMARTS) is 1. The Morgan fingerprint density at radius 1 is 0.508 bits per heavy atom. The van der Waals surface area contributed by atoms with Crippen LogP contribution in [0, 0.1) is 0 Å². The maximum absolute atomic E-state index is 12.8. The molecule has 0 bridgehead atoms. The van der Waals surface area contributed by atoms with E-state index in [1.54, 1.807) is 0 Å². The second-order valence-electron chi connectivity index (χ2n) is 17.7. The van der Waals surface area contributed by atoms with Gasteiger partial charge in [0.1, 0.15) is 6.61 Å². The van der Waals surface area contributed by atoms with Crippen molar-refractivity contribution in [2.45, 2.75) is 219 Å². The molecule has 0 aromatic carbocycles. The van der Waals surface area contributed by atoms with Gasteiger partial charge in [-0.2, -0.15) is 0 Å². The van der Waals surface area contributed by atoms with E-state index in [9.17, 15) is 19.5 Å². The van der Waals surface area contributed by atoms with Crippen LogP contribution in [0.2, 0.25) is 0 Å².